The molecule has 0 saturated carbocycles. The number of alkyl halides is 1. The van der Waals surface area contributed by atoms with Crippen molar-refractivity contribution in [2.24, 2.45) is 0 Å². The minimum atomic E-state index is -3.48. The first-order valence-electron chi connectivity index (χ1n) is 5.54. The van der Waals surface area contributed by atoms with Crippen LogP contribution in [0.2, 0.25) is 0 Å². The van der Waals surface area contributed by atoms with E-state index >= 15 is 0 Å². The van der Waals surface area contributed by atoms with Crippen molar-refractivity contribution in [1.82, 2.24) is 4.31 Å². The predicted octanol–water partition coefficient (Wildman–Crippen LogP) is 2.00. The molecule has 1 rings (SSSR count). The van der Waals surface area contributed by atoms with E-state index in [2.05, 4.69) is 0 Å². The van der Waals surface area contributed by atoms with Crippen molar-refractivity contribution in [2.75, 3.05) is 27.3 Å². The van der Waals surface area contributed by atoms with E-state index in [1.807, 2.05) is 6.07 Å². The number of hydrogen-bond acceptors (Lipinski definition) is 3. The highest BCUT2D eigenvalue weighted by molar-refractivity contribution is 7.89. The summed E-state index contributed by atoms with van der Waals surface area (Å²) in [6.45, 7) is 2.46. The SMILES string of the molecule is COCCN(C)S(=O)(=O)c1cc(CCl)ccc1C. The summed E-state index contributed by atoms with van der Waals surface area (Å²) in [7, 11) is -0.395. The van der Waals surface area contributed by atoms with Gasteiger partial charge in [0.15, 0.2) is 0 Å². The number of nitrogens with zero attached hydrogens (tertiary/aromatic N) is 1. The summed E-state index contributed by atoms with van der Waals surface area (Å²) < 4.78 is 30.9. The molecule has 0 aromatic heterocycles. The zero-order valence-electron chi connectivity index (χ0n) is 10.8. The van der Waals surface area contributed by atoms with Gasteiger partial charge in [-0.15, -0.1) is 11.6 Å². The Balaban J connectivity index is 3.11. The molecule has 0 aliphatic heterocycles. The molecule has 0 amide bonds. The van der Waals surface area contributed by atoms with Crippen LogP contribution in [0.5, 0.6) is 0 Å². The Hall–Kier alpha value is -0.620. The molecule has 6 heteroatoms. The summed E-state index contributed by atoms with van der Waals surface area (Å²) in [5.41, 5.74) is 1.51. The molecule has 0 fully saturated rings. The average Bonchev–Trinajstić information content (AvgIpc) is 2.36. The van der Waals surface area contributed by atoms with Crippen molar-refractivity contribution in [2.45, 2.75) is 17.7 Å². The quantitative estimate of drug-likeness (QED) is 0.753. The summed E-state index contributed by atoms with van der Waals surface area (Å²) in [6.07, 6.45) is 0. The Morgan fingerprint density at radius 2 is 2.06 bits per heavy atom. The van der Waals surface area contributed by atoms with Crippen LogP contribution in [0.3, 0.4) is 0 Å². The lowest BCUT2D eigenvalue weighted by molar-refractivity contribution is 0.185. The number of rotatable bonds is 6. The van der Waals surface area contributed by atoms with Crippen molar-refractivity contribution in [3.63, 3.8) is 0 Å². The lowest BCUT2D eigenvalue weighted by Crippen LogP contribution is -2.30. The predicted molar refractivity (Wildman–Crippen MR) is 72.4 cm³/mol. The van der Waals surface area contributed by atoms with Gasteiger partial charge in [-0.1, -0.05) is 12.1 Å². The second-order valence-electron chi connectivity index (χ2n) is 4.05. The molecule has 0 heterocycles. The maximum Gasteiger partial charge on any atom is 0.243 e. The highest BCUT2D eigenvalue weighted by Crippen LogP contribution is 2.21. The van der Waals surface area contributed by atoms with Crippen molar-refractivity contribution in [3.8, 4) is 0 Å². The van der Waals surface area contributed by atoms with E-state index < -0.39 is 10.0 Å². The largest absolute Gasteiger partial charge is 0.383 e. The molecule has 102 valence electrons. The van der Waals surface area contributed by atoms with E-state index in [0.29, 0.717) is 29.5 Å². The molecule has 0 radical (unpaired) electrons. The van der Waals surface area contributed by atoms with Crippen LogP contribution in [0.1, 0.15) is 11.1 Å². The number of benzene rings is 1. The third-order valence-electron chi connectivity index (χ3n) is 2.71. The maximum atomic E-state index is 12.4. The molecule has 0 unspecified atom stereocenters. The molecule has 0 aliphatic carbocycles. The number of sulfonamides is 1. The highest BCUT2D eigenvalue weighted by Gasteiger charge is 2.22. The molecule has 0 spiro atoms. The molecular formula is C12H18ClNO3S. The summed E-state index contributed by atoms with van der Waals surface area (Å²) in [5, 5.41) is 0. The Labute approximate surface area is 114 Å². The van der Waals surface area contributed by atoms with E-state index in [1.165, 1.54) is 4.31 Å². The topological polar surface area (TPSA) is 46.6 Å². The Bertz CT molecular complexity index is 502. The molecular weight excluding hydrogens is 274 g/mol. The van der Waals surface area contributed by atoms with Crippen molar-refractivity contribution >= 4 is 21.6 Å². The molecule has 0 N–H and O–H groups in total. The molecule has 1 aromatic rings. The number of halogens is 1. The third-order valence-corrected chi connectivity index (χ3v) is 5.01. The normalized spacial score (nSPS) is 12.1. The number of methoxy groups -OCH3 is 1. The van der Waals surface area contributed by atoms with Gasteiger partial charge in [0, 0.05) is 26.6 Å². The van der Waals surface area contributed by atoms with E-state index in [0.717, 1.165) is 5.56 Å². The van der Waals surface area contributed by atoms with E-state index in [-0.39, 0.29) is 0 Å². The summed E-state index contributed by atoms with van der Waals surface area (Å²) in [5.74, 6) is 0.296. The van der Waals surface area contributed by atoms with Gasteiger partial charge in [0.25, 0.3) is 0 Å². The second-order valence-corrected chi connectivity index (χ2v) is 6.33. The number of ether oxygens (including phenoxy) is 1. The first kappa shape index (κ1) is 15.4. The number of likely N-dealkylation sites (N-methyl/N-ethyl adjacent to an activating group) is 1. The van der Waals surface area contributed by atoms with E-state index in [9.17, 15) is 8.42 Å². The van der Waals surface area contributed by atoms with Crippen molar-refractivity contribution < 1.29 is 13.2 Å². The molecule has 1 aromatic carbocycles. The van der Waals surface area contributed by atoms with Crippen LogP contribution >= 0.6 is 11.6 Å². The van der Waals surface area contributed by atoms with E-state index in [1.54, 1.807) is 33.2 Å². The highest BCUT2D eigenvalue weighted by atomic mass is 35.5. The van der Waals surface area contributed by atoms with Gasteiger partial charge in [-0.2, -0.15) is 4.31 Å². The van der Waals surface area contributed by atoms with Crippen LogP contribution < -0.4 is 0 Å². The number of hydrogen-bond donors (Lipinski definition) is 0. The van der Waals surface area contributed by atoms with Gasteiger partial charge in [-0.05, 0) is 24.1 Å². The van der Waals surface area contributed by atoms with Gasteiger partial charge in [-0.3, -0.25) is 0 Å². The summed E-state index contributed by atoms with van der Waals surface area (Å²) >= 11 is 5.74. The van der Waals surface area contributed by atoms with Crippen LogP contribution in [-0.4, -0.2) is 40.0 Å². The lowest BCUT2D eigenvalue weighted by Gasteiger charge is -2.18. The zero-order chi connectivity index (χ0) is 13.8. The van der Waals surface area contributed by atoms with Crippen LogP contribution in [0.15, 0.2) is 23.1 Å². The number of aryl methyl sites for hydroxylation is 1. The van der Waals surface area contributed by atoms with Crippen LogP contribution in [-0.2, 0) is 20.6 Å². The minimum absolute atomic E-state index is 0.296. The fraction of sp³-hybridized carbons (Fsp3) is 0.500. The lowest BCUT2D eigenvalue weighted by atomic mass is 10.2. The molecule has 18 heavy (non-hydrogen) atoms. The maximum absolute atomic E-state index is 12.4. The van der Waals surface area contributed by atoms with Gasteiger partial charge < -0.3 is 4.74 Å². The van der Waals surface area contributed by atoms with Crippen LogP contribution in [0.25, 0.3) is 0 Å². The van der Waals surface area contributed by atoms with Crippen molar-refractivity contribution in [1.29, 1.82) is 0 Å². The standard InChI is InChI=1S/C12H18ClNO3S/c1-10-4-5-11(9-13)8-12(10)18(15,16)14(2)6-7-17-3/h4-5,8H,6-7,9H2,1-3H3. The monoisotopic (exact) mass is 291 g/mol. The Kier molecular flexibility index (Phi) is 5.59. The summed E-state index contributed by atoms with van der Waals surface area (Å²) in [6, 6.07) is 5.23. The fourth-order valence-electron chi connectivity index (χ4n) is 1.51. The van der Waals surface area contributed by atoms with Gasteiger partial charge >= 0.3 is 0 Å². The average molecular weight is 292 g/mol. The fourth-order valence-corrected chi connectivity index (χ4v) is 3.11. The zero-order valence-corrected chi connectivity index (χ0v) is 12.4. The summed E-state index contributed by atoms with van der Waals surface area (Å²) in [4.78, 5) is 0.305. The Morgan fingerprint density at radius 3 is 2.61 bits per heavy atom. The molecule has 4 nitrogen and oxygen atoms in total. The Morgan fingerprint density at radius 1 is 1.39 bits per heavy atom. The third kappa shape index (κ3) is 3.45. The van der Waals surface area contributed by atoms with Crippen LogP contribution in [0, 0.1) is 6.92 Å². The van der Waals surface area contributed by atoms with Crippen molar-refractivity contribution in [3.05, 3.63) is 29.3 Å². The smallest absolute Gasteiger partial charge is 0.243 e. The van der Waals surface area contributed by atoms with Gasteiger partial charge in [0.1, 0.15) is 0 Å². The molecule has 0 atom stereocenters. The van der Waals surface area contributed by atoms with Gasteiger partial charge in [0.05, 0.1) is 11.5 Å². The van der Waals surface area contributed by atoms with E-state index in [4.69, 9.17) is 16.3 Å². The molecule has 0 saturated heterocycles. The molecule has 0 bridgehead atoms. The minimum Gasteiger partial charge on any atom is -0.383 e. The molecule has 0 aliphatic rings. The van der Waals surface area contributed by atoms with Gasteiger partial charge in [-0.25, -0.2) is 8.42 Å². The first-order chi connectivity index (χ1) is 8.43. The van der Waals surface area contributed by atoms with Crippen LogP contribution in [0.4, 0.5) is 0 Å². The first-order valence-corrected chi connectivity index (χ1v) is 7.51. The second kappa shape index (κ2) is 6.52. The van der Waals surface area contributed by atoms with Gasteiger partial charge in [0.2, 0.25) is 10.0 Å².